The molecule has 1 fully saturated rings. The number of carbonyl (C=O) groups excluding carboxylic acids is 1. The third-order valence-corrected chi connectivity index (χ3v) is 2.60. The highest BCUT2D eigenvalue weighted by Gasteiger charge is 2.47. The van der Waals surface area contributed by atoms with Crippen molar-refractivity contribution in [1.82, 2.24) is 5.06 Å². The Morgan fingerprint density at radius 1 is 1.71 bits per heavy atom. The van der Waals surface area contributed by atoms with Crippen LogP contribution in [0.5, 0.6) is 0 Å². The van der Waals surface area contributed by atoms with Crippen molar-refractivity contribution in [3.63, 3.8) is 0 Å². The summed E-state index contributed by atoms with van der Waals surface area (Å²) >= 11 is 0. The molecule has 1 aliphatic rings. The highest BCUT2D eigenvalue weighted by atomic mass is 16.7. The fourth-order valence-corrected chi connectivity index (χ4v) is 1.61. The lowest BCUT2D eigenvalue weighted by atomic mass is 10.2. The molecule has 2 atom stereocenters. The largest absolute Gasteiger partial charge is 0.469 e. The highest BCUT2D eigenvalue weighted by molar-refractivity contribution is 5.81. The Bertz CT molecular complexity index is 320. The van der Waals surface area contributed by atoms with Gasteiger partial charge in [-0.1, -0.05) is 0 Å². The Hall–Kier alpha value is -1.29. The SMILES string of the molecule is CON(C)C(=O)C1CC1c1ccco1. The van der Waals surface area contributed by atoms with E-state index in [-0.39, 0.29) is 17.7 Å². The number of carbonyl (C=O) groups is 1. The van der Waals surface area contributed by atoms with E-state index < -0.39 is 0 Å². The molecular weight excluding hydrogens is 182 g/mol. The van der Waals surface area contributed by atoms with E-state index in [1.165, 1.54) is 12.2 Å². The van der Waals surface area contributed by atoms with Crippen LogP contribution < -0.4 is 0 Å². The number of hydroxylamine groups is 2. The lowest BCUT2D eigenvalue weighted by Crippen LogP contribution is -2.27. The van der Waals surface area contributed by atoms with Crippen molar-refractivity contribution in [2.45, 2.75) is 12.3 Å². The summed E-state index contributed by atoms with van der Waals surface area (Å²) < 4.78 is 5.24. The van der Waals surface area contributed by atoms with E-state index in [0.717, 1.165) is 12.2 Å². The molecular formula is C10H13NO3. The second kappa shape index (κ2) is 3.46. The molecule has 14 heavy (non-hydrogen) atoms. The van der Waals surface area contributed by atoms with Gasteiger partial charge in [0.1, 0.15) is 5.76 Å². The average Bonchev–Trinajstić information content (AvgIpc) is 2.82. The molecule has 1 aliphatic carbocycles. The van der Waals surface area contributed by atoms with E-state index in [1.807, 2.05) is 12.1 Å². The van der Waals surface area contributed by atoms with Crippen LogP contribution in [0.3, 0.4) is 0 Å². The first-order valence-corrected chi connectivity index (χ1v) is 4.59. The van der Waals surface area contributed by atoms with Crippen LogP contribution in [-0.4, -0.2) is 25.1 Å². The maximum atomic E-state index is 11.6. The fourth-order valence-electron chi connectivity index (χ4n) is 1.61. The number of rotatable bonds is 3. The molecule has 4 nitrogen and oxygen atoms in total. The summed E-state index contributed by atoms with van der Waals surface area (Å²) in [5, 5.41) is 1.27. The van der Waals surface area contributed by atoms with Crippen molar-refractivity contribution in [3.05, 3.63) is 24.2 Å². The van der Waals surface area contributed by atoms with E-state index in [1.54, 1.807) is 13.3 Å². The summed E-state index contributed by atoms with van der Waals surface area (Å²) in [4.78, 5) is 16.4. The maximum Gasteiger partial charge on any atom is 0.249 e. The topological polar surface area (TPSA) is 42.7 Å². The molecule has 0 bridgehead atoms. The van der Waals surface area contributed by atoms with E-state index in [0.29, 0.717) is 0 Å². The van der Waals surface area contributed by atoms with Gasteiger partial charge in [0.05, 0.1) is 19.3 Å². The number of nitrogens with zero attached hydrogens (tertiary/aromatic N) is 1. The summed E-state index contributed by atoms with van der Waals surface area (Å²) in [6.07, 6.45) is 2.50. The van der Waals surface area contributed by atoms with E-state index in [2.05, 4.69) is 0 Å². The van der Waals surface area contributed by atoms with Crippen LogP contribution in [-0.2, 0) is 9.63 Å². The first-order chi connectivity index (χ1) is 6.74. The summed E-state index contributed by atoms with van der Waals surface area (Å²) in [5.74, 6) is 1.20. The minimum absolute atomic E-state index is 0.0221. The standard InChI is InChI=1S/C10H13NO3/c1-11(13-2)10(12)8-6-7(8)9-4-3-5-14-9/h3-5,7-8H,6H2,1-2H3. The molecule has 0 radical (unpaired) electrons. The van der Waals surface area contributed by atoms with Crippen molar-refractivity contribution in [3.8, 4) is 0 Å². The molecule has 1 heterocycles. The minimum Gasteiger partial charge on any atom is -0.469 e. The number of furan rings is 1. The molecule has 4 heteroatoms. The van der Waals surface area contributed by atoms with Crippen molar-refractivity contribution < 1.29 is 14.0 Å². The van der Waals surface area contributed by atoms with Gasteiger partial charge in [-0.15, -0.1) is 0 Å². The van der Waals surface area contributed by atoms with Gasteiger partial charge in [-0.25, -0.2) is 5.06 Å². The molecule has 1 aromatic heterocycles. The van der Waals surface area contributed by atoms with Crippen LogP contribution in [0.4, 0.5) is 0 Å². The first kappa shape index (κ1) is 9.27. The lowest BCUT2D eigenvalue weighted by Gasteiger charge is -2.12. The summed E-state index contributed by atoms with van der Waals surface area (Å²) in [5.41, 5.74) is 0. The van der Waals surface area contributed by atoms with Crippen molar-refractivity contribution >= 4 is 5.91 Å². The monoisotopic (exact) mass is 195 g/mol. The summed E-state index contributed by atoms with van der Waals surface area (Å²) in [7, 11) is 3.11. The van der Waals surface area contributed by atoms with Gasteiger partial charge in [0.2, 0.25) is 5.91 Å². The third-order valence-electron chi connectivity index (χ3n) is 2.60. The summed E-state index contributed by atoms with van der Waals surface area (Å²) in [6.45, 7) is 0. The van der Waals surface area contributed by atoms with Gasteiger partial charge in [0.15, 0.2) is 0 Å². The van der Waals surface area contributed by atoms with E-state index >= 15 is 0 Å². The van der Waals surface area contributed by atoms with Gasteiger partial charge in [-0.05, 0) is 18.6 Å². The van der Waals surface area contributed by atoms with E-state index in [9.17, 15) is 4.79 Å². The number of hydrogen-bond donors (Lipinski definition) is 0. The van der Waals surface area contributed by atoms with Crippen LogP contribution in [0.25, 0.3) is 0 Å². The van der Waals surface area contributed by atoms with Crippen LogP contribution >= 0.6 is 0 Å². The molecule has 1 saturated carbocycles. The smallest absolute Gasteiger partial charge is 0.249 e. The Balaban J connectivity index is 1.96. The Labute approximate surface area is 82.4 Å². The normalized spacial score (nSPS) is 24.7. The second-order valence-electron chi connectivity index (χ2n) is 3.48. The third kappa shape index (κ3) is 1.53. The molecule has 0 saturated heterocycles. The van der Waals surface area contributed by atoms with Gasteiger partial charge >= 0.3 is 0 Å². The molecule has 0 spiro atoms. The van der Waals surface area contributed by atoms with Gasteiger partial charge < -0.3 is 4.42 Å². The Morgan fingerprint density at radius 2 is 2.50 bits per heavy atom. The van der Waals surface area contributed by atoms with E-state index in [4.69, 9.17) is 9.25 Å². The average molecular weight is 195 g/mol. The molecule has 0 aromatic carbocycles. The minimum atomic E-state index is 0.0221. The molecule has 2 rings (SSSR count). The van der Waals surface area contributed by atoms with Gasteiger partial charge in [0.25, 0.3) is 0 Å². The van der Waals surface area contributed by atoms with Crippen molar-refractivity contribution in [1.29, 1.82) is 0 Å². The van der Waals surface area contributed by atoms with Crippen LogP contribution in [0.1, 0.15) is 18.1 Å². The maximum absolute atomic E-state index is 11.6. The van der Waals surface area contributed by atoms with Crippen LogP contribution in [0.15, 0.2) is 22.8 Å². The number of hydrogen-bond acceptors (Lipinski definition) is 3. The quantitative estimate of drug-likeness (QED) is 0.685. The predicted octanol–water partition coefficient (Wildman–Crippen LogP) is 1.40. The molecule has 1 amide bonds. The molecule has 1 aromatic rings. The van der Waals surface area contributed by atoms with Crippen molar-refractivity contribution in [2.75, 3.05) is 14.2 Å². The molecule has 0 aliphatic heterocycles. The molecule has 0 N–H and O–H groups in total. The number of amides is 1. The van der Waals surface area contributed by atoms with Crippen LogP contribution in [0, 0.1) is 5.92 Å². The fraction of sp³-hybridized carbons (Fsp3) is 0.500. The second-order valence-corrected chi connectivity index (χ2v) is 3.48. The molecule has 2 unspecified atom stereocenters. The zero-order chi connectivity index (χ0) is 10.1. The van der Waals surface area contributed by atoms with Gasteiger partial charge in [-0.2, -0.15) is 0 Å². The van der Waals surface area contributed by atoms with Crippen LogP contribution in [0.2, 0.25) is 0 Å². The predicted molar refractivity (Wildman–Crippen MR) is 49.3 cm³/mol. The Morgan fingerprint density at radius 3 is 3.07 bits per heavy atom. The van der Waals surface area contributed by atoms with Gasteiger partial charge in [0, 0.05) is 13.0 Å². The zero-order valence-corrected chi connectivity index (χ0v) is 8.27. The Kier molecular flexibility index (Phi) is 2.29. The summed E-state index contributed by atoms with van der Waals surface area (Å²) in [6, 6.07) is 3.75. The lowest BCUT2D eigenvalue weighted by molar-refractivity contribution is -0.170. The molecule has 76 valence electrons. The highest BCUT2D eigenvalue weighted by Crippen LogP contribution is 2.48. The van der Waals surface area contributed by atoms with Gasteiger partial charge in [-0.3, -0.25) is 9.63 Å². The zero-order valence-electron chi connectivity index (χ0n) is 8.27. The van der Waals surface area contributed by atoms with Crippen molar-refractivity contribution in [2.24, 2.45) is 5.92 Å². The first-order valence-electron chi connectivity index (χ1n) is 4.59.